The molecule has 0 aliphatic rings. The standard InChI is InChI=1S/C17H16Cl2N2/c1-10-7-8-15-14(9-10)20-17(12(3)18)21(15)16-11(2)5-4-6-13(16)19/h4-9,12H,1-3H3. The number of halogens is 2. The zero-order valence-electron chi connectivity index (χ0n) is 12.2. The molecule has 3 aromatic rings. The first kappa shape index (κ1) is 14.4. The average Bonchev–Trinajstić information content (AvgIpc) is 2.77. The Morgan fingerprint density at radius 2 is 1.90 bits per heavy atom. The largest absolute Gasteiger partial charge is 0.293 e. The van der Waals surface area contributed by atoms with Crippen molar-refractivity contribution < 1.29 is 0 Å². The number of nitrogens with zero attached hydrogens (tertiary/aromatic N) is 2. The summed E-state index contributed by atoms with van der Waals surface area (Å²) in [6.07, 6.45) is 0. The average molecular weight is 319 g/mol. The molecule has 0 N–H and O–H groups in total. The number of aryl methyl sites for hydroxylation is 2. The summed E-state index contributed by atoms with van der Waals surface area (Å²) in [5.41, 5.74) is 5.20. The highest BCUT2D eigenvalue weighted by atomic mass is 35.5. The second-order valence-electron chi connectivity index (χ2n) is 5.32. The zero-order valence-corrected chi connectivity index (χ0v) is 13.7. The van der Waals surface area contributed by atoms with Crippen molar-refractivity contribution in [1.29, 1.82) is 0 Å². The maximum absolute atomic E-state index is 6.44. The molecule has 0 radical (unpaired) electrons. The summed E-state index contributed by atoms with van der Waals surface area (Å²) >= 11 is 12.8. The molecule has 1 unspecified atom stereocenters. The van der Waals surface area contributed by atoms with Crippen LogP contribution in [0.5, 0.6) is 0 Å². The number of fused-ring (bicyclic) bond motifs is 1. The molecule has 2 aromatic carbocycles. The smallest absolute Gasteiger partial charge is 0.132 e. The maximum atomic E-state index is 6.44. The van der Waals surface area contributed by atoms with Crippen molar-refractivity contribution in [1.82, 2.24) is 9.55 Å². The van der Waals surface area contributed by atoms with E-state index >= 15 is 0 Å². The van der Waals surface area contributed by atoms with Gasteiger partial charge in [-0.05, 0) is 50.1 Å². The van der Waals surface area contributed by atoms with Gasteiger partial charge in [0.1, 0.15) is 5.82 Å². The fraction of sp³-hybridized carbons (Fsp3) is 0.235. The van der Waals surface area contributed by atoms with E-state index in [0.29, 0.717) is 5.02 Å². The Morgan fingerprint density at radius 1 is 1.14 bits per heavy atom. The van der Waals surface area contributed by atoms with Crippen molar-refractivity contribution in [2.75, 3.05) is 0 Å². The highest BCUT2D eigenvalue weighted by Gasteiger charge is 2.19. The summed E-state index contributed by atoms with van der Waals surface area (Å²) in [4.78, 5) is 4.70. The lowest BCUT2D eigenvalue weighted by Gasteiger charge is -2.15. The summed E-state index contributed by atoms with van der Waals surface area (Å²) in [5, 5.41) is 0.502. The molecule has 3 rings (SSSR count). The summed E-state index contributed by atoms with van der Waals surface area (Å²) in [5.74, 6) is 0.813. The Kier molecular flexibility index (Phi) is 3.68. The first-order valence-electron chi connectivity index (χ1n) is 6.87. The molecule has 1 atom stereocenters. The fourth-order valence-electron chi connectivity index (χ4n) is 2.62. The normalized spacial score (nSPS) is 12.8. The van der Waals surface area contributed by atoms with Crippen molar-refractivity contribution in [3.8, 4) is 5.69 Å². The Labute approximate surface area is 134 Å². The Morgan fingerprint density at radius 3 is 2.57 bits per heavy atom. The third kappa shape index (κ3) is 2.43. The van der Waals surface area contributed by atoms with Crippen LogP contribution in [-0.2, 0) is 0 Å². The lowest BCUT2D eigenvalue weighted by atomic mass is 10.1. The van der Waals surface area contributed by atoms with Gasteiger partial charge in [-0.15, -0.1) is 11.6 Å². The van der Waals surface area contributed by atoms with Crippen LogP contribution in [-0.4, -0.2) is 9.55 Å². The van der Waals surface area contributed by atoms with Crippen LogP contribution in [0, 0.1) is 13.8 Å². The molecule has 1 aromatic heterocycles. The van der Waals surface area contributed by atoms with Crippen LogP contribution >= 0.6 is 23.2 Å². The number of hydrogen-bond donors (Lipinski definition) is 0. The van der Waals surface area contributed by atoms with Gasteiger partial charge in [0.2, 0.25) is 0 Å². The summed E-state index contributed by atoms with van der Waals surface area (Å²) < 4.78 is 2.07. The fourth-order valence-corrected chi connectivity index (χ4v) is 3.07. The Hall–Kier alpha value is -1.51. The lowest BCUT2D eigenvalue weighted by molar-refractivity contribution is 0.878. The van der Waals surface area contributed by atoms with Gasteiger partial charge in [0.05, 0.1) is 27.1 Å². The van der Waals surface area contributed by atoms with E-state index in [1.54, 1.807) is 0 Å². The molecule has 0 spiro atoms. The van der Waals surface area contributed by atoms with Crippen LogP contribution in [0.2, 0.25) is 5.02 Å². The molecule has 4 heteroatoms. The van der Waals surface area contributed by atoms with E-state index in [-0.39, 0.29) is 5.38 Å². The quantitative estimate of drug-likeness (QED) is 0.563. The van der Waals surface area contributed by atoms with Crippen LogP contribution < -0.4 is 0 Å². The lowest BCUT2D eigenvalue weighted by Crippen LogP contribution is -2.04. The second kappa shape index (κ2) is 5.36. The molecule has 0 saturated carbocycles. The number of imidazole rings is 1. The number of alkyl halides is 1. The SMILES string of the molecule is Cc1ccc2c(c1)nc(C(C)Cl)n2-c1c(C)cccc1Cl. The number of benzene rings is 2. The van der Waals surface area contributed by atoms with Gasteiger partial charge in [-0.2, -0.15) is 0 Å². The van der Waals surface area contributed by atoms with Gasteiger partial charge in [-0.1, -0.05) is 29.8 Å². The zero-order chi connectivity index (χ0) is 15.1. The molecule has 0 amide bonds. The molecule has 0 aliphatic carbocycles. The van der Waals surface area contributed by atoms with E-state index in [0.717, 1.165) is 28.1 Å². The van der Waals surface area contributed by atoms with Gasteiger partial charge in [0.25, 0.3) is 0 Å². The highest BCUT2D eigenvalue weighted by Crippen LogP contribution is 2.33. The maximum Gasteiger partial charge on any atom is 0.132 e. The molecular weight excluding hydrogens is 303 g/mol. The minimum Gasteiger partial charge on any atom is -0.293 e. The van der Waals surface area contributed by atoms with Crippen molar-refractivity contribution >= 4 is 34.2 Å². The molecule has 0 bridgehead atoms. The van der Waals surface area contributed by atoms with Gasteiger partial charge in [-0.3, -0.25) is 4.57 Å². The predicted octanol–water partition coefficient (Wildman–Crippen LogP) is 5.60. The van der Waals surface area contributed by atoms with Crippen LogP contribution in [0.3, 0.4) is 0 Å². The van der Waals surface area contributed by atoms with Gasteiger partial charge in [0.15, 0.2) is 0 Å². The summed E-state index contributed by atoms with van der Waals surface area (Å²) in [6, 6.07) is 12.1. The molecule has 21 heavy (non-hydrogen) atoms. The number of aromatic nitrogens is 2. The van der Waals surface area contributed by atoms with E-state index in [4.69, 9.17) is 28.2 Å². The van der Waals surface area contributed by atoms with Crippen molar-refractivity contribution in [3.63, 3.8) is 0 Å². The third-order valence-electron chi connectivity index (χ3n) is 3.60. The van der Waals surface area contributed by atoms with E-state index in [1.807, 2.05) is 32.0 Å². The minimum atomic E-state index is -0.201. The van der Waals surface area contributed by atoms with Crippen LogP contribution in [0.25, 0.3) is 16.7 Å². The third-order valence-corrected chi connectivity index (χ3v) is 4.10. The number of rotatable bonds is 2. The van der Waals surface area contributed by atoms with E-state index < -0.39 is 0 Å². The molecule has 0 fully saturated rings. The van der Waals surface area contributed by atoms with E-state index in [2.05, 4.69) is 29.7 Å². The first-order chi connectivity index (χ1) is 9.99. The van der Waals surface area contributed by atoms with Gasteiger partial charge in [-0.25, -0.2) is 4.98 Å². The highest BCUT2D eigenvalue weighted by molar-refractivity contribution is 6.32. The van der Waals surface area contributed by atoms with Crippen molar-refractivity contribution in [3.05, 3.63) is 58.4 Å². The Bertz CT molecular complexity index is 799. The minimum absolute atomic E-state index is 0.201. The second-order valence-corrected chi connectivity index (χ2v) is 6.38. The molecule has 1 heterocycles. The van der Waals surface area contributed by atoms with Gasteiger partial charge in [0, 0.05) is 0 Å². The Balaban J connectivity index is 2.42. The van der Waals surface area contributed by atoms with Gasteiger partial charge < -0.3 is 0 Å². The molecule has 108 valence electrons. The van der Waals surface area contributed by atoms with Crippen molar-refractivity contribution in [2.45, 2.75) is 26.1 Å². The topological polar surface area (TPSA) is 17.8 Å². The van der Waals surface area contributed by atoms with Crippen LogP contribution in [0.1, 0.15) is 29.3 Å². The summed E-state index contributed by atoms with van der Waals surface area (Å²) in [6.45, 7) is 6.03. The van der Waals surface area contributed by atoms with E-state index in [9.17, 15) is 0 Å². The molecule has 2 nitrogen and oxygen atoms in total. The van der Waals surface area contributed by atoms with Crippen LogP contribution in [0.15, 0.2) is 36.4 Å². The molecular formula is C17H16Cl2N2. The molecule has 0 aliphatic heterocycles. The van der Waals surface area contributed by atoms with Crippen molar-refractivity contribution in [2.24, 2.45) is 0 Å². The summed E-state index contributed by atoms with van der Waals surface area (Å²) in [7, 11) is 0. The number of para-hydroxylation sites is 1. The first-order valence-corrected chi connectivity index (χ1v) is 7.69. The van der Waals surface area contributed by atoms with Gasteiger partial charge >= 0.3 is 0 Å². The predicted molar refractivity (Wildman–Crippen MR) is 89.8 cm³/mol. The molecule has 0 saturated heterocycles. The van der Waals surface area contributed by atoms with Crippen LogP contribution in [0.4, 0.5) is 0 Å². The van der Waals surface area contributed by atoms with E-state index in [1.165, 1.54) is 5.56 Å². The number of hydrogen-bond acceptors (Lipinski definition) is 1. The monoisotopic (exact) mass is 318 g/mol.